The molecule has 0 unspecified atom stereocenters. The third-order valence-corrected chi connectivity index (χ3v) is 2.22. The van der Waals surface area contributed by atoms with Crippen molar-refractivity contribution in [2.24, 2.45) is 23.3 Å². The highest BCUT2D eigenvalue weighted by Crippen LogP contribution is 2.04. The van der Waals surface area contributed by atoms with Crippen molar-refractivity contribution in [3.05, 3.63) is 0 Å². The lowest BCUT2D eigenvalue weighted by atomic mass is 10.1. The molecular formula is C13H32N2. The summed E-state index contributed by atoms with van der Waals surface area (Å²) >= 11 is 0. The van der Waals surface area contributed by atoms with Gasteiger partial charge >= 0.3 is 0 Å². The summed E-state index contributed by atoms with van der Waals surface area (Å²) < 4.78 is 0. The van der Waals surface area contributed by atoms with Crippen molar-refractivity contribution >= 4 is 0 Å². The Morgan fingerprint density at radius 2 is 1.07 bits per heavy atom. The minimum absolute atomic E-state index is 0.823. The molecule has 0 rings (SSSR count). The summed E-state index contributed by atoms with van der Waals surface area (Å²) in [5.74, 6) is 1.67. The lowest BCUT2D eigenvalue weighted by Crippen LogP contribution is -1.99. The molecule has 0 radical (unpaired) electrons. The van der Waals surface area contributed by atoms with Crippen molar-refractivity contribution in [1.82, 2.24) is 0 Å². The molecule has 4 N–H and O–H groups in total. The lowest BCUT2D eigenvalue weighted by molar-refractivity contribution is 0.541. The molecule has 0 bridgehead atoms. The quantitative estimate of drug-likeness (QED) is 0.642. The van der Waals surface area contributed by atoms with E-state index in [9.17, 15) is 0 Å². The van der Waals surface area contributed by atoms with E-state index in [1.807, 2.05) is 0 Å². The van der Waals surface area contributed by atoms with Crippen LogP contribution in [-0.2, 0) is 0 Å². The maximum Gasteiger partial charge on any atom is -0.00772 e. The van der Waals surface area contributed by atoms with Crippen molar-refractivity contribution in [3.63, 3.8) is 0 Å². The third-order valence-electron chi connectivity index (χ3n) is 2.22. The van der Waals surface area contributed by atoms with E-state index in [1.54, 1.807) is 0 Å². The standard InChI is InChI=1S/C7H17N.C6H15N/c1-7(2)5-3-4-6-8;1-6(2)4-3-5-7/h7H,3-6,8H2,1-2H3;6H,3-5,7H2,1-2H3. The number of unbranched alkanes of at least 4 members (excludes halogenated alkanes) is 1. The molecule has 0 heterocycles. The van der Waals surface area contributed by atoms with Crippen molar-refractivity contribution in [1.29, 1.82) is 0 Å². The Morgan fingerprint density at radius 1 is 0.667 bits per heavy atom. The SMILES string of the molecule is CC(C)CCCCN.CC(C)CCCN. The van der Waals surface area contributed by atoms with Crippen LogP contribution in [0.3, 0.4) is 0 Å². The molecule has 0 aromatic heterocycles. The molecule has 0 aliphatic carbocycles. The Bertz CT molecular complexity index is 101. The van der Waals surface area contributed by atoms with E-state index in [4.69, 9.17) is 11.5 Å². The molecule has 15 heavy (non-hydrogen) atoms. The molecule has 0 aromatic carbocycles. The third kappa shape index (κ3) is 24.9. The van der Waals surface area contributed by atoms with Gasteiger partial charge in [0.25, 0.3) is 0 Å². The molecule has 0 aliphatic rings. The molecule has 0 fully saturated rings. The van der Waals surface area contributed by atoms with Gasteiger partial charge in [0.15, 0.2) is 0 Å². The summed E-state index contributed by atoms with van der Waals surface area (Å²) in [5.41, 5.74) is 10.6. The number of rotatable bonds is 7. The monoisotopic (exact) mass is 216 g/mol. The Hall–Kier alpha value is -0.0800. The van der Waals surface area contributed by atoms with Crippen molar-refractivity contribution in [2.45, 2.75) is 59.8 Å². The summed E-state index contributed by atoms with van der Waals surface area (Å²) in [6, 6.07) is 0. The van der Waals surface area contributed by atoms with Gasteiger partial charge in [0, 0.05) is 0 Å². The van der Waals surface area contributed by atoms with Crippen LogP contribution >= 0.6 is 0 Å². The van der Waals surface area contributed by atoms with Gasteiger partial charge in [-0.15, -0.1) is 0 Å². The molecule has 94 valence electrons. The topological polar surface area (TPSA) is 52.0 Å². The maximum absolute atomic E-state index is 5.31. The van der Waals surface area contributed by atoms with E-state index in [1.165, 1.54) is 32.1 Å². The normalized spacial score (nSPS) is 10.4. The second-order valence-corrected chi connectivity index (χ2v) is 5.00. The molecule has 0 aliphatic heterocycles. The summed E-state index contributed by atoms with van der Waals surface area (Å²) in [7, 11) is 0. The number of nitrogens with two attached hydrogens (primary N) is 2. The van der Waals surface area contributed by atoms with Crippen LogP contribution in [0.1, 0.15) is 59.8 Å². The number of hydrogen-bond acceptors (Lipinski definition) is 2. The van der Waals surface area contributed by atoms with Crippen LogP contribution in [0.5, 0.6) is 0 Å². The van der Waals surface area contributed by atoms with Gasteiger partial charge in [-0.2, -0.15) is 0 Å². The summed E-state index contributed by atoms with van der Waals surface area (Å²) in [4.78, 5) is 0. The van der Waals surface area contributed by atoms with Crippen molar-refractivity contribution in [3.8, 4) is 0 Å². The Morgan fingerprint density at radius 3 is 1.33 bits per heavy atom. The largest absolute Gasteiger partial charge is 0.330 e. The van der Waals surface area contributed by atoms with Gasteiger partial charge in [0.05, 0.1) is 0 Å². The molecule has 0 spiro atoms. The predicted octanol–water partition coefficient (Wildman–Crippen LogP) is 3.15. The van der Waals surface area contributed by atoms with Crippen molar-refractivity contribution in [2.75, 3.05) is 13.1 Å². The van der Waals surface area contributed by atoms with Crippen LogP contribution in [0.2, 0.25) is 0 Å². The molecule has 2 nitrogen and oxygen atoms in total. The lowest BCUT2D eigenvalue weighted by Gasteiger charge is -2.00. The molecular weight excluding hydrogens is 184 g/mol. The second-order valence-electron chi connectivity index (χ2n) is 5.00. The molecule has 2 heteroatoms. The summed E-state index contributed by atoms with van der Waals surface area (Å²) in [6.45, 7) is 10.6. The molecule has 0 atom stereocenters. The fraction of sp³-hybridized carbons (Fsp3) is 1.00. The zero-order valence-corrected chi connectivity index (χ0v) is 11.3. The van der Waals surface area contributed by atoms with Crippen LogP contribution < -0.4 is 11.5 Å². The average molecular weight is 216 g/mol. The number of hydrogen-bond donors (Lipinski definition) is 2. The summed E-state index contributed by atoms with van der Waals surface area (Å²) in [5, 5.41) is 0. The van der Waals surface area contributed by atoms with Gasteiger partial charge < -0.3 is 11.5 Å². The first-order chi connectivity index (χ1) is 7.04. The summed E-state index contributed by atoms with van der Waals surface area (Å²) in [6.07, 6.45) is 6.28. The highest BCUT2D eigenvalue weighted by molar-refractivity contribution is 4.46. The van der Waals surface area contributed by atoms with E-state index in [2.05, 4.69) is 27.7 Å². The van der Waals surface area contributed by atoms with Gasteiger partial charge in [0.1, 0.15) is 0 Å². The predicted molar refractivity (Wildman–Crippen MR) is 70.9 cm³/mol. The van der Waals surface area contributed by atoms with Gasteiger partial charge in [0.2, 0.25) is 0 Å². The molecule has 0 amide bonds. The van der Waals surface area contributed by atoms with Gasteiger partial charge in [-0.1, -0.05) is 40.5 Å². The van der Waals surface area contributed by atoms with Gasteiger partial charge in [-0.25, -0.2) is 0 Å². The van der Waals surface area contributed by atoms with Crippen LogP contribution in [-0.4, -0.2) is 13.1 Å². The highest BCUT2D eigenvalue weighted by atomic mass is 14.5. The van der Waals surface area contributed by atoms with Crippen LogP contribution in [0.4, 0.5) is 0 Å². The Labute approximate surface area is 96.8 Å². The first-order valence-electron chi connectivity index (χ1n) is 6.44. The van der Waals surface area contributed by atoms with Gasteiger partial charge in [-0.3, -0.25) is 0 Å². The smallest absolute Gasteiger partial charge is 0.00772 e. The molecule has 0 saturated heterocycles. The zero-order valence-electron chi connectivity index (χ0n) is 11.3. The molecule has 0 aromatic rings. The minimum atomic E-state index is 0.823. The van der Waals surface area contributed by atoms with Crippen LogP contribution in [0.25, 0.3) is 0 Å². The fourth-order valence-electron chi connectivity index (χ4n) is 1.22. The van der Waals surface area contributed by atoms with E-state index < -0.39 is 0 Å². The van der Waals surface area contributed by atoms with E-state index in [0.29, 0.717) is 0 Å². The van der Waals surface area contributed by atoms with Crippen LogP contribution in [0.15, 0.2) is 0 Å². The average Bonchev–Trinajstić information content (AvgIpc) is 2.15. The first-order valence-corrected chi connectivity index (χ1v) is 6.44. The zero-order chi connectivity index (χ0) is 12.1. The Balaban J connectivity index is 0. The van der Waals surface area contributed by atoms with E-state index in [0.717, 1.165) is 24.9 Å². The highest BCUT2D eigenvalue weighted by Gasteiger charge is 1.90. The van der Waals surface area contributed by atoms with Gasteiger partial charge in [-0.05, 0) is 44.2 Å². The molecule has 0 saturated carbocycles. The maximum atomic E-state index is 5.31. The first kappa shape index (κ1) is 17.3. The van der Waals surface area contributed by atoms with E-state index >= 15 is 0 Å². The minimum Gasteiger partial charge on any atom is -0.330 e. The van der Waals surface area contributed by atoms with E-state index in [-0.39, 0.29) is 0 Å². The second kappa shape index (κ2) is 13.9. The van der Waals surface area contributed by atoms with Crippen LogP contribution in [0, 0.1) is 11.8 Å². The van der Waals surface area contributed by atoms with Crippen molar-refractivity contribution < 1.29 is 0 Å². The fourth-order valence-corrected chi connectivity index (χ4v) is 1.22. The Kier molecular flexibility index (Phi) is 16.1.